The molecule has 0 aliphatic carbocycles. The number of methoxy groups -OCH3 is 3. The van der Waals surface area contributed by atoms with E-state index < -0.39 is 0 Å². The van der Waals surface area contributed by atoms with E-state index in [2.05, 4.69) is 12.1 Å². The van der Waals surface area contributed by atoms with Crippen molar-refractivity contribution in [2.24, 2.45) is 0 Å². The molecule has 0 saturated carbocycles. The van der Waals surface area contributed by atoms with Crippen LogP contribution in [0.2, 0.25) is 0 Å². The van der Waals surface area contributed by atoms with Crippen LogP contribution in [0.15, 0.2) is 72.8 Å². The number of aromatic nitrogens is 1. The van der Waals surface area contributed by atoms with Crippen molar-refractivity contribution in [3.05, 3.63) is 72.8 Å². The van der Waals surface area contributed by atoms with E-state index in [-0.39, 0.29) is 0 Å². The number of pyridine rings is 1. The van der Waals surface area contributed by atoms with E-state index in [9.17, 15) is 0 Å². The normalized spacial score (nSPS) is 10.7. The fourth-order valence-corrected chi connectivity index (χ4v) is 3.49. The minimum absolute atomic E-state index is 0.586. The van der Waals surface area contributed by atoms with Crippen LogP contribution in [0.4, 0.5) is 0 Å². The summed E-state index contributed by atoms with van der Waals surface area (Å²) in [7, 11) is 4.99. The fourth-order valence-electron chi connectivity index (χ4n) is 3.49. The number of para-hydroxylation sites is 1. The third kappa shape index (κ3) is 3.03. The Kier molecular flexibility index (Phi) is 4.85. The van der Waals surface area contributed by atoms with Crippen molar-refractivity contribution in [2.45, 2.75) is 0 Å². The summed E-state index contributed by atoms with van der Waals surface area (Å²) in [5.74, 6) is 2.14. The molecule has 1 aromatic heterocycles. The first-order valence-electron chi connectivity index (χ1n) is 9.01. The molecule has 0 radical (unpaired) electrons. The van der Waals surface area contributed by atoms with Crippen LogP contribution in [0, 0.1) is 0 Å². The highest BCUT2D eigenvalue weighted by Crippen LogP contribution is 2.43. The van der Waals surface area contributed by atoms with Crippen LogP contribution in [-0.2, 0) is 0 Å². The molecule has 0 bridgehead atoms. The lowest BCUT2D eigenvalue weighted by atomic mass is 9.93. The number of benzene rings is 3. The molecule has 4 heteroatoms. The number of hydrogen-bond donors (Lipinski definition) is 0. The molecule has 1 heterocycles. The number of hydrogen-bond acceptors (Lipinski definition) is 4. The van der Waals surface area contributed by atoms with Crippen molar-refractivity contribution in [3.63, 3.8) is 0 Å². The Morgan fingerprint density at radius 3 is 2.18 bits per heavy atom. The monoisotopic (exact) mass is 371 g/mol. The van der Waals surface area contributed by atoms with Gasteiger partial charge in [-0.3, -0.25) is 0 Å². The molecular weight excluding hydrogens is 350 g/mol. The van der Waals surface area contributed by atoms with Gasteiger partial charge in [0.15, 0.2) is 0 Å². The Balaban J connectivity index is 2.14. The van der Waals surface area contributed by atoms with Crippen LogP contribution in [0.1, 0.15) is 0 Å². The Labute approximate surface area is 164 Å². The maximum absolute atomic E-state index is 5.62. The van der Waals surface area contributed by atoms with Gasteiger partial charge >= 0.3 is 0 Å². The number of rotatable bonds is 5. The summed E-state index contributed by atoms with van der Waals surface area (Å²) in [6.45, 7) is 0. The lowest BCUT2D eigenvalue weighted by molar-refractivity contribution is 0.403. The molecule has 0 fully saturated rings. The SMILES string of the molecule is COc1cccc(-c2c(-c3ccccc3OC)nc(OC)c3ccccc23)c1. The first-order chi connectivity index (χ1) is 13.8. The molecule has 140 valence electrons. The number of ether oxygens (including phenoxy) is 3. The minimum Gasteiger partial charge on any atom is -0.497 e. The van der Waals surface area contributed by atoms with E-state index in [1.807, 2.05) is 60.7 Å². The zero-order valence-electron chi connectivity index (χ0n) is 16.1. The summed E-state index contributed by atoms with van der Waals surface area (Å²) >= 11 is 0. The van der Waals surface area contributed by atoms with Gasteiger partial charge in [0.25, 0.3) is 0 Å². The molecular formula is C24H21NO3. The van der Waals surface area contributed by atoms with Gasteiger partial charge in [0.1, 0.15) is 11.5 Å². The Bertz CT molecular complexity index is 1140. The zero-order valence-corrected chi connectivity index (χ0v) is 16.1. The summed E-state index contributed by atoms with van der Waals surface area (Å²) < 4.78 is 16.7. The molecule has 3 aromatic carbocycles. The van der Waals surface area contributed by atoms with E-state index in [0.717, 1.165) is 44.7 Å². The summed E-state index contributed by atoms with van der Waals surface area (Å²) in [4.78, 5) is 4.89. The van der Waals surface area contributed by atoms with Crippen molar-refractivity contribution in [2.75, 3.05) is 21.3 Å². The van der Waals surface area contributed by atoms with Crippen LogP contribution in [0.3, 0.4) is 0 Å². The lowest BCUT2D eigenvalue weighted by Gasteiger charge is -2.17. The van der Waals surface area contributed by atoms with Gasteiger partial charge in [-0.05, 0) is 41.3 Å². The molecule has 0 saturated heterocycles. The molecule has 28 heavy (non-hydrogen) atoms. The quantitative estimate of drug-likeness (QED) is 0.458. The summed E-state index contributed by atoms with van der Waals surface area (Å²) in [6.07, 6.45) is 0. The molecule has 0 atom stereocenters. The molecule has 0 unspecified atom stereocenters. The third-order valence-electron chi connectivity index (χ3n) is 4.79. The number of nitrogens with zero attached hydrogens (tertiary/aromatic N) is 1. The average molecular weight is 371 g/mol. The van der Waals surface area contributed by atoms with Crippen molar-refractivity contribution in [3.8, 4) is 39.8 Å². The molecule has 0 aliphatic heterocycles. The van der Waals surface area contributed by atoms with Crippen LogP contribution in [-0.4, -0.2) is 26.3 Å². The summed E-state index contributed by atoms with van der Waals surface area (Å²) in [5.41, 5.74) is 3.75. The first kappa shape index (κ1) is 17.9. The highest BCUT2D eigenvalue weighted by atomic mass is 16.5. The molecule has 0 N–H and O–H groups in total. The smallest absolute Gasteiger partial charge is 0.221 e. The standard InChI is InChI=1S/C24H21NO3/c1-26-17-10-8-9-16(15-17)22-18-11-4-5-12-19(18)24(28-3)25-23(22)20-13-6-7-14-21(20)27-2/h4-15H,1-3H3. The van der Waals surface area contributed by atoms with Gasteiger partial charge in [0.05, 0.1) is 27.0 Å². The van der Waals surface area contributed by atoms with Crippen molar-refractivity contribution in [1.29, 1.82) is 0 Å². The van der Waals surface area contributed by atoms with Crippen LogP contribution in [0.25, 0.3) is 33.2 Å². The molecule has 0 aliphatic rings. The van der Waals surface area contributed by atoms with E-state index >= 15 is 0 Å². The highest BCUT2D eigenvalue weighted by Gasteiger charge is 2.20. The van der Waals surface area contributed by atoms with E-state index in [0.29, 0.717) is 5.88 Å². The van der Waals surface area contributed by atoms with Crippen molar-refractivity contribution < 1.29 is 14.2 Å². The second-order valence-electron chi connectivity index (χ2n) is 6.32. The third-order valence-corrected chi connectivity index (χ3v) is 4.79. The van der Waals surface area contributed by atoms with Gasteiger partial charge in [-0.15, -0.1) is 0 Å². The van der Waals surface area contributed by atoms with Gasteiger partial charge in [-0.1, -0.05) is 42.5 Å². The van der Waals surface area contributed by atoms with Gasteiger partial charge in [0.2, 0.25) is 5.88 Å². The second-order valence-corrected chi connectivity index (χ2v) is 6.32. The maximum Gasteiger partial charge on any atom is 0.221 e. The van der Waals surface area contributed by atoms with Gasteiger partial charge < -0.3 is 14.2 Å². The number of fused-ring (bicyclic) bond motifs is 1. The highest BCUT2D eigenvalue weighted by molar-refractivity contribution is 6.05. The van der Waals surface area contributed by atoms with E-state index in [1.165, 1.54) is 0 Å². The Morgan fingerprint density at radius 2 is 1.43 bits per heavy atom. The predicted octanol–water partition coefficient (Wildman–Crippen LogP) is 5.59. The molecule has 4 aromatic rings. The molecule has 4 nitrogen and oxygen atoms in total. The first-order valence-corrected chi connectivity index (χ1v) is 9.01. The summed E-state index contributed by atoms with van der Waals surface area (Å²) in [5, 5.41) is 2.02. The van der Waals surface area contributed by atoms with E-state index in [1.54, 1.807) is 21.3 Å². The lowest BCUT2D eigenvalue weighted by Crippen LogP contribution is -1.98. The van der Waals surface area contributed by atoms with Gasteiger partial charge in [-0.25, -0.2) is 4.98 Å². The molecule has 4 rings (SSSR count). The van der Waals surface area contributed by atoms with Crippen molar-refractivity contribution >= 4 is 10.8 Å². The zero-order chi connectivity index (χ0) is 19.5. The van der Waals surface area contributed by atoms with Gasteiger partial charge in [-0.2, -0.15) is 0 Å². The Hall–Kier alpha value is -3.53. The largest absolute Gasteiger partial charge is 0.497 e. The maximum atomic E-state index is 5.62. The van der Waals surface area contributed by atoms with Crippen LogP contribution >= 0.6 is 0 Å². The van der Waals surface area contributed by atoms with Crippen LogP contribution in [0.5, 0.6) is 17.4 Å². The average Bonchev–Trinajstić information content (AvgIpc) is 2.77. The minimum atomic E-state index is 0.586. The van der Waals surface area contributed by atoms with Gasteiger partial charge in [0, 0.05) is 16.5 Å². The van der Waals surface area contributed by atoms with Crippen molar-refractivity contribution in [1.82, 2.24) is 4.98 Å². The Morgan fingerprint density at radius 1 is 0.679 bits per heavy atom. The molecule has 0 spiro atoms. The van der Waals surface area contributed by atoms with Crippen LogP contribution < -0.4 is 14.2 Å². The second kappa shape index (κ2) is 7.61. The summed E-state index contributed by atoms with van der Waals surface area (Å²) in [6, 6.07) is 24.0. The molecule has 0 amide bonds. The predicted molar refractivity (Wildman–Crippen MR) is 112 cm³/mol. The van der Waals surface area contributed by atoms with E-state index in [4.69, 9.17) is 19.2 Å². The topological polar surface area (TPSA) is 40.6 Å². The fraction of sp³-hybridized carbons (Fsp3) is 0.125.